The molecule has 1 aromatic heterocycles. The van der Waals surface area contributed by atoms with Crippen LogP contribution in [0.5, 0.6) is 0 Å². The number of hydrogen-bond acceptors (Lipinski definition) is 4. The summed E-state index contributed by atoms with van der Waals surface area (Å²) in [7, 11) is 0. The fourth-order valence-corrected chi connectivity index (χ4v) is 4.17. The molecule has 2 fully saturated rings. The number of H-pyrrole nitrogens is 1. The van der Waals surface area contributed by atoms with Crippen LogP contribution in [0.1, 0.15) is 24.8 Å². The Morgan fingerprint density at radius 3 is 2.79 bits per heavy atom. The van der Waals surface area contributed by atoms with E-state index in [0.717, 1.165) is 25.3 Å². The molecular weight excluding hydrogens is 298 g/mol. The van der Waals surface area contributed by atoms with Gasteiger partial charge in [0.2, 0.25) is 0 Å². The van der Waals surface area contributed by atoms with E-state index in [1.54, 1.807) is 0 Å². The topological polar surface area (TPSA) is 56.0 Å². The highest BCUT2D eigenvalue weighted by molar-refractivity contribution is 5.62. The predicted molar refractivity (Wildman–Crippen MR) is 96.7 cm³/mol. The van der Waals surface area contributed by atoms with Gasteiger partial charge in [-0.25, -0.2) is 0 Å². The van der Waals surface area contributed by atoms with Gasteiger partial charge in [0.25, 0.3) is 0 Å². The molecule has 2 atom stereocenters. The number of aromatic nitrogens is 2. The summed E-state index contributed by atoms with van der Waals surface area (Å²) in [5, 5.41) is 14.7. The normalized spacial score (nSPS) is 25.2. The number of nitrogens with one attached hydrogen (secondary N) is 3. The summed E-state index contributed by atoms with van der Waals surface area (Å²) in [6.07, 6.45) is 5.91. The standard InChI is InChI=1S/C19H27N5/c1-2-5-15(6-3-1)19-16(14-22-23-19)13-21-17-7-4-8-18(17)24-11-9-20-10-12-24/h1-3,5-6,14,17-18,20-21H,4,7-13H2,(H,22,23)/t17-,18+/m1/s1. The lowest BCUT2D eigenvalue weighted by atomic mass is 10.1. The van der Waals surface area contributed by atoms with E-state index in [0.29, 0.717) is 12.1 Å². The van der Waals surface area contributed by atoms with Gasteiger partial charge in [0.15, 0.2) is 0 Å². The van der Waals surface area contributed by atoms with Gasteiger partial charge in [-0.2, -0.15) is 5.10 Å². The molecule has 5 nitrogen and oxygen atoms in total. The molecule has 2 heterocycles. The molecule has 1 aromatic carbocycles. The molecule has 0 spiro atoms. The third-order valence-corrected chi connectivity index (χ3v) is 5.44. The maximum absolute atomic E-state index is 4.27. The molecule has 1 saturated heterocycles. The Balaban J connectivity index is 1.41. The van der Waals surface area contributed by atoms with Crippen molar-refractivity contribution >= 4 is 0 Å². The van der Waals surface area contributed by atoms with Gasteiger partial charge < -0.3 is 10.6 Å². The highest BCUT2D eigenvalue weighted by Crippen LogP contribution is 2.26. The van der Waals surface area contributed by atoms with Crippen LogP contribution in [-0.2, 0) is 6.54 Å². The first kappa shape index (κ1) is 15.8. The van der Waals surface area contributed by atoms with E-state index in [2.05, 4.69) is 50.0 Å². The van der Waals surface area contributed by atoms with Crippen LogP contribution in [0, 0.1) is 0 Å². The molecule has 5 heteroatoms. The second kappa shape index (κ2) is 7.47. The van der Waals surface area contributed by atoms with E-state index in [1.165, 1.54) is 43.5 Å². The first-order valence-electron chi connectivity index (χ1n) is 9.17. The molecule has 0 unspecified atom stereocenters. The average Bonchev–Trinajstić information content (AvgIpc) is 3.30. The number of hydrogen-bond donors (Lipinski definition) is 3. The lowest BCUT2D eigenvalue weighted by Gasteiger charge is -2.36. The van der Waals surface area contributed by atoms with Crippen molar-refractivity contribution in [1.82, 2.24) is 25.7 Å². The summed E-state index contributed by atoms with van der Waals surface area (Å²) in [5.74, 6) is 0. The molecular formula is C19H27N5. The second-order valence-corrected chi connectivity index (χ2v) is 6.91. The molecule has 0 amide bonds. The number of aromatic amines is 1. The van der Waals surface area contributed by atoms with E-state index in [1.807, 2.05) is 12.3 Å². The van der Waals surface area contributed by atoms with Gasteiger partial charge in [0.1, 0.15) is 0 Å². The number of nitrogens with zero attached hydrogens (tertiary/aromatic N) is 2. The monoisotopic (exact) mass is 325 g/mol. The Labute approximate surface area is 143 Å². The van der Waals surface area contributed by atoms with Crippen molar-refractivity contribution in [1.29, 1.82) is 0 Å². The van der Waals surface area contributed by atoms with Gasteiger partial charge in [-0.15, -0.1) is 0 Å². The van der Waals surface area contributed by atoms with Crippen molar-refractivity contribution in [2.75, 3.05) is 26.2 Å². The van der Waals surface area contributed by atoms with Gasteiger partial charge in [0.05, 0.1) is 11.9 Å². The molecule has 1 aliphatic heterocycles. The molecule has 3 N–H and O–H groups in total. The van der Waals surface area contributed by atoms with Crippen molar-refractivity contribution in [2.45, 2.75) is 37.9 Å². The van der Waals surface area contributed by atoms with Gasteiger partial charge >= 0.3 is 0 Å². The Bertz CT molecular complexity index is 632. The van der Waals surface area contributed by atoms with Crippen LogP contribution in [-0.4, -0.2) is 53.4 Å². The van der Waals surface area contributed by atoms with Crippen LogP contribution < -0.4 is 10.6 Å². The molecule has 2 aromatic rings. The third kappa shape index (κ3) is 3.38. The SMILES string of the molecule is c1ccc(-c2[nH]ncc2CN[C@@H]2CCC[C@@H]2N2CCNCC2)cc1. The van der Waals surface area contributed by atoms with Gasteiger partial charge in [-0.05, 0) is 18.4 Å². The predicted octanol–water partition coefficient (Wildman–Crippen LogP) is 1.99. The lowest BCUT2D eigenvalue weighted by Crippen LogP contribution is -2.53. The molecule has 24 heavy (non-hydrogen) atoms. The third-order valence-electron chi connectivity index (χ3n) is 5.44. The maximum Gasteiger partial charge on any atom is 0.0695 e. The van der Waals surface area contributed by atoms with Crippen molar-refractivity contribution in [3.05, 3.63) is 42.1 Å². The summed E-state index contributed by atoms with van der Waals surface area (Å²) in [5.41, 5.74) is 3.60. The molecule has 2 aliphatic rings. The second-order valence-electron chi connectivity index (χ2n) is 6.91. The highest BCUT2D eigenvalue weighted by Gasteiger charge is 2.32. The quantitative estimate of drug-likeness (QED) is 0.787. The summed E-state index contributed by atoms with van der Waals surface area (Å²) >= 11 is 0. The Kier molecular flexibility index (Phi) is 4.92. The van der Waals surface area contributed by atoms with Crippen molar-refractivity contribution in [3.63, 3.8) is 0 Å². The minimum absolute atomic E-state index is 0.599. The molecule has 128 valence electrons. The highest BCUT2D eigenvalue weighted by atomic mass is 15.2. The van der Waals surface area contributed by atoms with Gasteiger partial charge in [0, 0.05) is 50.4 Å². The Hall–Kier alpha value is -1.69. The Morgan fingerprint density at radius 1 is 1.12 bits per heavy atom. The zero-order chi connectivity index (χ0) is 16.2. The zero-order valence-corrected chi connectivity index (χ0v) is 14.2. The Morgan fingerprint density at radius 2 is 1.96 bits per heavy atom. The first-order chi connectivity index (χ1) is 11.9. The molecule has 0 bridgehead atoms. The molecule has 1 aliphatic carbocycles. The van der Waals surface area contributed by atoms with Crippen LogP contribution in [0.15, 0.2) is 36.5 Å². The smallest absolute Gasteiger partial charge is 0.0695 e. The number of rotatable bonds is 5. The first-order valence-corrected chi connectivity index (χ1v) is 9.17. The minimum Gasteiger partial charge on any atom is -0.314 e. The summed E-state index contributed by atoms with van der Waals surface area (Å²) in [6.45, 7) is 5.51. The number of benzene rings is 1. The fourth-order valence-electron chi connectivity index (χ4n) is 4.17. The number of piperazine rings is 1. The average molecular weight is 325 g/mol. The fraction of sp³-hybridized carbons (Fsp3) is 0.526. The molecule has 1 saturated carbocycles. The summed E-state index contributed by atoms with van der Waals surface area (Å²) in [6, 6.07) is 11.8. The zero-order valence-electron chi connectivity index (χ0n) is 14.2. The van der Waals surface area contributed by atoms with Crippen molar-refractivity contribution in [3.8, 4) is 11.3 Å². The lowest BCUT2D eigenvalue weighted by molar-refractivity contribution is 0.152. The van der Waals surface area contributed by atoms with Crippen LogP contribution in [0.3, 0.4) is 0 Å². The van der Waals surface area contributed by atoms with Crippen LogP contribution in [0.2, 0.25) is 0 Å². The van der Waals surface area contributed by atoms with Crippen molar-refractivity contribution < 1.29 is 0 Å². The van der Waals surface area contributed by atoms with E-state index in [4.69, 9.17) is 0 Å². The van der Waals surface area contributed by atoms with E-state index < -0.39 is 0 Å². The molecule has 4 rings (SSSR count). The van der Waals surface area contributed by atoms with Crippen LogP contribution >= 0.6 is 0 Å². The van der Waals surface area contributed by atoms with Gasteiger partial charge in [-0.3, -0.25) is 10.00 Å². The van der Waals surface area contributed by atoms with E-state index in [-0.39, 0.29) is 0 Å². The largest absolute Gasteiger partial charge is 0.314 e. The minimum atomic E-state index is 0.599. The molecule has 0 radical (unpaired) electrons. The summed E-state index contributed by atoms with van der Waals surface area (Å²) < 4.78 is 0. The van der Waals surface area contributed by atoms with Crippen molar-refractivity contribution in [2.24, 2.45) is 0 Å². The van der Waals surface area contributed by atoms with E-state index in [9.17, 15) is 0 Å². The maximum atomic E-state index is 4.27. The van der Waals surface area contributed by atoms with Crippen LogP contribution in [0.4, 0.5) is 0 Å². The van der Waals surface area contributed by atoms with E-state index >= 15 is 0 Å². The summed E-state index contributed by atoms with van der Waals surface area (Å²) in [4.78, 5) is 2.68. The van der Waals surface area contributed by atoms with Gasteiger partial charge in [-0.1, -0.05) is 36.8 Å². The van der Waals surface area contributed by atoms with Crippen LogP contribution in [0.25, 0.3) is 11.3 Å².